The van der Waals surface area contributed by atoms with Crippen LogP contribution in [-0.2, 0) is 4.79 Å². The summed E-state index contributed by atoms with van der Waals surface area (Å²) < 4.78 is 46.9. The van der Waals surface area contributed by atoms with Crippen LogP contribution < -0.4 is 20.3 Å². The van der Waals surface area contributed by atoms with Crippen molar-refractivity contribution in [2.45, 2.75) is 19.4 Å². The number of carbonyl (C=O) groups excluding carboxylic acids is 2. The Morgan fingerprint density at radius 1 is 1.17 bits per heavy atom. The number of rotatable bonds is 10. The number of urea groups is 1. The van der Waals surface area contributed by atoms with Gasteiger partial charge in [0.1, 0.15) is 0 Å². The topological polar surface area (TPSA) is 86.4 Å². The molecule has 7 nitrogen and oxygen atoms in total. The first-order valence-corrected chi connectivity index (χ1v) is 12.3. The SMILES string of the molecule is CSNc1ccccc1-c1ccc(N(C=O)CCC(C)NC(=O)Nc2ncc(Cl)cc2F)c(F)c1F. The van der Waals surface area contributed by atoms with E-state index >= 15 is 8.78 Å². The van der Waals surface area contributed by atoms with Crippen LogP contribution in [-0.4, -0.2) is 36.3 Å². The van der Waals surface area contributed by atoms with Crippen LogP contribution in [0.4, 0.5) is 35.2 Å². The number of halogens is 4. The van der Waals surface area contributed by atoms with Crippen molar-refractivity contribution in [2.75, 3.05) is 27.7 Å². The van der Waals surface area contributed by atoms with Crippen molar-refractivity contribution >= 4 is 53.2 Å². The largest absolute Gasteiger partial charge is 0.335 e. The fourth-order valence-corrected chi connectivity index (χ4v) is 3.94. The van der Waals surface area contributed by atoms with Crippen molar-refractivity contribution in [3.05, 3.63) is 71.1 Å². The average molecular weight is 538 g/mol. The second kappa shape index (κ2) is 12.5. The number of amides is 3. The summed E-state index contributed by atoms with van der Waals surface area (Å²) >= 11 is 6.95. The van der Waals surface area contributed by atoms with E-state index in [1.54, 1.807) is 31.2 Å². The Hall–Kier alpha value is -3.44. The van der Waals surface area contributed by atoms with E-state index in [1.165, 1.54) is 30.3 Å². The summed E-state index contributed by atoms with van der Waals surface area (Å²) in [7, 11) is 0. The van der Waals surface area contributed by atoms with Crippen LogP contribution in [0.5, 0.6) is 0 Å². The Morgan fingerprint density at radius 3 is 2.61 bits per heavy atom. The van der Waals surface area contributed by atoms with E-state index in [0.29, 0.717) is 17.7 Å². The van der Waals surface area contributed by atoms with Gasteiger partial charge in [-0.1, -0.05) is 41.7 Å². The molecule has 0 fully saturated rings. The normalized spacial score (nSPS) is 11.5. The van der Waals surface area contributed by atoms with Gasteiger partial charge in [-0.2, -0.15) is 0 Å². The standard InChI is InChI=1S/C24H23ClF3N5O2S/c1-14(30-24(35)31-23-18(26)11-15(25)12-29-23)9-10-33(13-34)20-8-7-17(21(27)22(20)28)16-5-3-4-6-19(16)32-36-2/h3-8,11-14,32H,9-10H2,1-2H3,(H2,29,30,31,35). The molecule has 1 aromatic heterocycles. The predicted molar refractivity (Wildman–Crippen MR) is 138 cm³/mol. The van der Waals surface area contributed by atoms with Gasteiger partial charge in [0, 0.05) is 36.2 Å². The average Bonchev–Trinajstić information content (AvgIpc) is 2.84. The molecule has 0 aliphatic carbocycles. The molecule has 1 atom stereocenters. The highest BCUT2D eigenvalue weighted by molar-refractivity contribution is 7.99. The predicted octanol–water partition coefficient (Wildman–Crippen LogP) is 6.07. The summed E-state index contributed by atoms with van der Waals surface area (Å²) in [5.74, 6) is -3.35. The smallest absolute Gasteiger partial charge is 0.320 e. The number of carbonyl (C=O) groups is 2. The van der Waals surface area contributed by atoms with Gasteiger partial charge in [0.2, 0.25) is 6.41 Å². The van der Waals surface area contributed by atoms with E-state index in [1.807, 2.05) is 6.26 Å². The third-order valence-corrected chi connectivity index (χ3v) is 5.78. The first kappa shape index (κ1) is 27.2. The number of para-hydroxylation sites is 1. The molecule has 2 aromatic carbocycles. The van der Waals surface area contributed by atoms with Crippen LogP contribution in [0.15, 0.2) is 48.7 Å². The first-order chi connectivity index (χ1) is 17.2. The third kappa shape index (κ3) is 6.61. The second-order valence-corrected chi connectivity index (χ2v) is 8.73. The van der Waals surface area contributed by atoms with Gasteiger partial charge in [-0.05, 0) is 37.6 Å². The molecule has 0 saturated heterocycles. The van der Waals surface area contributed by atoms with Gasteiger partial charge in [-0.15, -0.1) is 0 Å². The van der Waals surface area contributed by atoms with Gasteiger partial charge in [0.05, 0.1) is 16.4 Å². The van der Waals surface area contributed by atoms with Crippen molar-refractivity contribution in [1.82, 2.24) is 10.3 Å². The number of hydrogen-bond acceptors (Lipinski definition) is 5. The Balaban J connectivity index is 1.67. The highest BCUT2D eigenvalue weighted by atomic mass is 35.5. The zero-order valence-electron chi connectivity index (χ0n) is 19.3. The maximum atomic E-state index is 15.0. The van der Waals surface area contributed by atoms with E-state index in [2.05, 4.69) is 20.3 Å². The Bertz CT molecular complexity index is 1250. The summed E-state index contributed by atoms with van der Waals surface area (Å²) in [4.78, 5) is 28.5. The van der Waals surface area contributed by atoms with Crippen molar-refractivity contribution in [3.63, 3.8) is 0 Å². The summed E-state index contributed by atoms with van der Waals surface area (Å²) in [6.07, 6.45) is 3.58. The van der Waals surface area contributed by atoms with E-state index in [0.717, 1.165) is 11.0 Å². The molecule has 1 unspecified atom stereocenters. The lowest BCUT2D eigenvalue weighted by atomic mass is 10.0. The van der Waals surface area contributed by atoms with E-state index in [4.69, 9.17) is 11.6 Å². The molecule has 1 heterocycles. The minimum atomic E-state index is -1.17. The Kier molecular flexibility index (Phi) is 9.43. The monoisotopic (exact) mass is 537 g/mol. The summed E-state index contributed by atoms with van der Waals surface area (Å²) in [6.45, 7) is 1.63. The highest BCUT2D eigenvalue weighted by Crippen LogP contribution is 2.35. The number of nitrogens with zero attached hydrogens (tertiary/aromatic N) is 2. The molecule has 0 aliphatic heterocycles. The quantitative estimate of drug-likeness (QED) is 0.216. The molecule has 36 heavy (non-hydrogen) atoms. The molecule has 0 bridgehead atoms. The maximum absolute atomic E-state index is 15.0. The van der Waals surface area contributed by atoms with E-state index in [9.17, 15) is 14.0 Å². The van der Waals surface area contributed by atoms with Crippen LogP contribution in [0.3, 0.4) is 0 Å². The molecule has 0 spiro atoms. The number of hydrogen-bond donors (Lipinski definition) is 3. The molecule has 0 aliphatic rings. The van der Waals surface area contributed by atoms with Crippen LogP contribution in [0.25, 0.3) is 11.1 Å². The molecule has 0 radical (unpaired) electrons. The summed E-state index contributed by atoms with van der Waals surface area (Å²) in [5.41, 5.74) is 0.915. The number of anilines is 3. The van der Waals surface area contributed by atoms with Gasteiger partial charge < -0.3 is 14.9 Å². The molecule has 3 rings (SSSR count). The minimum absolute atomic E-state index is 0.0151. The summed E-state index contributed by atoms with van der Waals surface area (Å²) in [6, 6.07) is 9.42. The zero-order valence-corrected chi connectivity index (χ0v) is 20.9. The molecular formula is C24H23ClF3N5O2S. The molecule has 3 N–H and O–H groups in total. The van der Waals surface area contributed by atoms with E-state index < -0.39 is 29.5 Å². The van der Waals surface area contributed by atoms with Crippen molar-refractivity contribution in [2.24, 2.45) is 0 Å². The number of aromatic nitrogens is 1. The first-order valence-electron chi connectivity index (χ1n) is 10.7. The van der Waals surface area contributed by atoms with Gasteiger partial charge in [-0.25, -0.2) is 22.9 Å². The Labute approximate surface area is 215 Å². The van der Waals surface area contributed by atoms with Crippen molar-refractivity contribution < 1.29 is 22.8 Å². The molecule has 12 heteroatoms. The Morgan fingerprint density at radius 2 is 1.92 bits per heavy atom. The lowest BCUT2D eigenvalue weighted by Gasteiger charge is -2.22. The van der Waals surface area contributed by atoms with Crippen LogP contribution >= 0.6 is 23.5 Å². The van der Waals surface area contributed by atoms with Gasteiger partial charge in [0.25, 0.3) is 0 Å². The molecule has 3 aromatic rings. The van der Waals surface area contributed by atoms with Crippen molar-refractivity contribution in [3.8, 4) is 11.1 Å². The number of benzene rings is 2. The number of nitrogens with one attached hydrogen (secondary N) is 3. The molecule has 190 valence electrons. The summed E-state index contributed by atoms with van der Waals surface area (Å²) in [5, 5.41) is 4.91. The lowest BCUT2D eigenvalue weighted by molar-refractivity contribution is -0.107. The van der Waals surface area contributed by atoms with Gasteiger partial charge >= 0.3 is 6.03 Å². The lowest BCUT2D eigenvalue weighted by Crippen LogP contribution is -2.39. The maximum Gasteiger partial charge on any atom is 0.320 e. The van der Waals surface area contributed by atoms with Gasteiger partial charge in [0.15, 0.2) is 23.3 Å². The highest BCUT2D eigenvalue weighted by Gasteiger charge is 2.21. The fraction of sp³-hybridized carbons (Fsp3) is 0.208. The second-order valence-electron chi connectivity index (χ2n) is 7.68. The minimum Gasteiger partial charge on any atom is -0.335 e. The van der Waals surface area contributed by atoms with Gasteiger partial charge in [-0.3, -0.25) is 10.1 Å². The molecule has 0 saturated carbocycles. The number of pyridine rings is 1. The molecule has 3 amide bonds. The van der Waals surface area contributed by atoms with Crippen LogP contribution in [0.1, 0.15) is 13.3 Å². The van der Waals surface area contributed by atoms with Crippen LogP contribution in [0, 0.1) is 17.5 Å². The molecular weight excluding hydrogens is 515 g/mol. The zero-order chi connectivity index (χ0) is 26.2. The fourth-order valence-electron chi connectivity index (χ4n) is 3.39. The van der Waals surface area contributed by atoms with E-state index in [-0.39, 0.29) is 35.1 Å². The third-order valence-electron chi connectivity index (χ3n) is 5.15. The van der Waals surface area contributed by atoms with Crippen LogP contribution in [0.2, 0.25) is 5.02 Å². The van der Waals surface area contributed by atoms with Crippen molar-refractivity contribution in [1.29, 1.82) is 0 Å².